The van der Waals surface area contributed by atoms with Crippen molar-refractivity contribution in [3.8, 4) is 11.8 Å². The van der Waals surface area contributed by atoms with Gasteiger partial charge in [-0.25, -0.2) is 0 Å². The van der Waals surface area contributed by atoms with Gasteiger partial charge in [-0.1, -0.05) is 44.2 Å². The molecule has 222 valence electrons. The summed E-state index contributed by atoms with van der Waals surface area (Å²) in [4.78, 5) is 31.1. The van der Waals surface area contributed by atoms with Crippen LogP contribution in [0.2, 0.25) is 0 Å². The maximum atomic E-state index is 12.2. The highest BCUT2D eigenvalue weighted by Gasteiger charge is 2.29. The number of carbonyl (C=O) groups excluding carboxylic acids is 1. The Hall–Kier alpha value is -3.85. The average Bonchev–Trinajstić information content (AvgIpc) is 3.03. The molecular formula is C33H42N6O3. The number of aromatic nitrogens is 2. The van der Waals surface area contributed by atoms with Gasteiger partial charge in [-0.15, -0.1) is 0 Å². The number of nitrogens with zero attached hydrogens (tertiary/aromatic N) is 6. The lowest BCUT2D eigenvalue weighted by Gasteiger charge is -2.38. The summed E-state index contributed by atoms with van der Waals surface area (Å²) in [5, 5.41) is 12.6. The minimum atomic E-state index is -0.0277. The SMILES string of the molecule is C=CC(=O)N1CCN(c2nc(OCC(C)CN3CCCCC3)nc3c2CCN(c2cc(O)cc4ccccc24)C3)CC1. The van der Waals surface area contributed by atoms with Gasteiger partial charge < -0.3 is 29.4 Å². The van der Waals surface area contributed by atoms with Crippen LogP contribution in [0.5, 0.6) is 11.8 Å². The summed E-state index contributed by atoms with van der Waals surface area (Å²) in [6, 6.07) is 12.2. The van der Waals surface area contributed by atoms with Crippen molar-refractivity contribution >= 4 is 28.2 Å². The number of phenols is 1. The topological polar surface area (TPSA) is 85.3 Å². The van der Waals surface area contributed by atoms with Crippen LogP contribution >= 0.6 is 0 Å². The Kier molecular flexibility index (Phi) is 8.46. The van der Waals surface area contributed by atoms with Gasteiger partial charge in [0, 0.05) is 67.9 Å². The summed E-state index contributed by atoms with van der Waals surface area (Å²) in [5.74, 6) is 1.52. The van der Waals surface area contributed by atoms with E-state index >= 15 is 0 Å². The average molecular weight is 571 g/mol. The summed E-state index contributed by atoms with van der Waals surface area (Å²) >= 11 is 0. The van der Waals surface area contributed by atoms with E-state index in [0.717, 1.165) is 53.0 Å². The van der Waals surface area contributed by atoms with Crippen LogP contribution in [0.3, 0.4) is 0 Å². The predicted octanol–water partition coefficient (Wildman–Crippen LogP) is 4.23. The fourth-order valence-electron chi connectivity index (χ4n) is 6.58. The third-order valence-corrected chi connectivity index (χ3v) is 8.77. The molecule has 1 amide bonds. The highest BCUT2D eigenvalue weighted by molar-refractivity contribution is 5.95. The molecule has 3 aliphatic heterocycles. The molecular weight excluding hydrogens is 528 g/mol. The number of fused-ring (bicyclic) bond motifs is 2. The molecule has 9 nitrogen and oxygen atoms in total. The van der Waals surface area contributed by atoms with Crippen LogP contribution in [0.4, 0.5) is 11.5 Å². The smallest absolute Gasteiger partial charge is 0.318 e. The van der Waals surface area contributed by atoms with E-state index in [4.69, 9.17) is 14.7 Å². The van der Waals surface area contributed by atoms with E-state index < -0.39 is 0 Å². The maximum absolute atomic E-state index is 12.2. The fourth-order valence-corrected chi connectivity index (χ4v) is 6.58. The maximum Gasteiger partial charge on any atom is 0.318 e. The molecule has 42 heavy (non-hydrogen) atoms. The Morgan fingerprint density at radius 3 is 2.60 bits per heavy atom. The lowest BCUT2D eigenvalue weighted by Crippen LogP contribution is -2.49. The number of benzene rings is 2. The summed E-state index contributed by atoms with van der Waals surface area (Å²) in [6.45, 7) is 13.9. The first kappa shape index (κ1) is 28.3. The van der Waals surface area contributed by atoms with E-state index in [1.54, 1.807) is 0 Å². The minimum absolute atomic E-state index is 0.0277. The van der Waals surface area contributed by atoms with Crippen LogP contribution in [0.25, 0.3) is 10.8 Å². The van der Waals surface area contributed by atoms with Crippen molar-refractivity contribution in [3.05, 3.63) is 60.3 Å². The quantitative estimate of drug-likeness (QED) is 0.403. The molecule has 0 spiro atoms. The number of carbonyl (C=O) groups is 1. The Morgan fingerprint density at radius 1 is 1.02 bits per heavy atom. The third-order valence-electron chi connectivity index (χ3n) is 8.77. The van der Waals surface area contributed by atoms with Crippen molar-refractivity contribution in [3.63, 3.8) is 0 Å². The van der Waals surface area contributed by atoms with Crippen molar-refractivity contribution < 1.29 is 14.6 Å². The summed E-state index contributed by atoms with van der Waals surface area (Å²) in [5.41, 5.74) is 3.11. The monoisotopic (exact) mass is 570 g/mol. The third kappa shape index (κ3) is 6.16. The second kappa shape index (κ2) is 12.6. The molecule has 2 saturated heterocycles. The molecule has 0 radical (unpaired) electrons. The van der Waals surface area contributed by atoms with Crippen LogP contribution in [0.1, 0.15) is 37.4 Å². The zero-order valence-electron chi connectivity index (χ0n) is 24.7. The Morgan fingerprint density at radius 2 is 1.81 bits per heavy atom. The van der Waals surface area contributed by atoms with Crippen molar-refractivity contribution in [2.75, 3.05) is 68.8 Å². The Bertz CT molecular complexity index is 1430. The fraction of sp³-hybridized carbons (Fsp3) is 0.485. The molecule has 2 aromatic carbocycles. The van der Waals surface area contributed by atoms with Crippen molar-refractivity contribution in [1.82, 2.24) is 19.8 Å². The van der Waals surface area contributed by atoms with Crippen molar-refractivity contribution in [1.29, 1.82) is 0 Å². The summed E-state index contributed by atoms with van der Waals surface area (Å²) < 4.78 is 6.30. The number of hydrogen-bond acceptors (Lipinski definition) is 8. The van der Waals surface area contributed by atoms with Gasteiger partial charge in [0.1, 0.15) is 11.6 Å². The van der Waals surface area contributed by atoms with E-state index in [1.165, 1.54) is 38.4 Å². The predicted molar refractivity (Wildman–Crippen MR) is 166 cm³/mol. The van der Waals surface area contributed by atoms with E-state index in [0.29, 0.717) is 51.3 Å². The van der Waals surface area contributed by atoms with Gasteiger partial charge in [0.15, 0.2) is 0 Å². The Labute approximate surface area is 248 Å². The number of piperidine rings is 1. The number of aromatic hydroxyl groups is 1. The first-order valence-electron chi connectivity index (χ1n) is 15.4. The molecule has 9 heteroatoms. The molecule has 1 aromatic heterocycles. The zero-order chi connectivity index (χ0) is 29.1. The number of likely N-dealkylation sites (tertiary alicyclic amines) is 1. The first-order chi connectivity index (χ1) is 20.5. The van der Waals surface area contributed by atoms with E-state index in [-0.39, 0.29) is 11.7 Å². The lowest BCUT2D eigenvalue weighted by molar-refractivity contribution is -0.126. The number of rotatable bonds is 8. The molecule has 1 N–H and O–H groups in total. The van der Waals surface area contributed by atoms with Crippen LogP contribution < -0.4 is 14.5 Å². The summed E-state index contributed by atoms with van der Waals surface area (Å²) in [6.07, 6.45) is 6.06. The number of piperazine rings is 1. The molecule has 0 aliphatic carbocycles. The van der Waals surface area contributed by atoms with Crippen LogP contribution in [-0.2, 0) is 17.8 Å². The first-order valence-corrected chi connectivity index (χ1v) is 15.4. The van der Waals surface area contributed by atoms with Crippen LogP contribution in [-0.4, -0.2) is 89.7 Å². The molecule has 3 aliphatic rings. The lowest BCUT2D eigenvalue weighted by atomic mass is 10.0. The highest BCUT2D eigenvalue weighted by Crippen LogP contribution is 2.36. The van der Waals surface area contributed by atoms with Crippen LogP contribution in [0.15, 0.2) is 49.1 Å². The zero-order valence-corrected chi connectivity index (χ0v) is 24.7. The molecule has 0 saturated carbocycles. The molecule has 3 aromatic rings. The molecule has 4 heterocycles. The van der Waals surface area contributed by atoms with Gasteiger partial charge in [-0.05, 0) is 49.9 Å². The van der Waals surface area contributed by atoms with E-state index in [9.17, 15) is 9.90 Å². The number of ether oxygens (including phenoxy) is 1. The standard InChI is InChI=1S/C33H42N6O3/c1-3-31(41)37-15-17-38(18-16-37)32-28-11-14-39(30-20-26(40)19-25-9-5-6-10-27(25)30)22-29(28)34-33(35-32)42-23-24(2)21-36-12-7-4-8-13-36/h3,5-6,9-10,19-20,24,40H,1,4,7-8,11-18,21-23H2,2H3. The van der Waals surface area contributed by atoms with Gasteiger partial charge in [0.25, 0.3) is 0 Å². The molecule has 1 atom stereocenters. The molecule has 6 rings (SSSR count). The van der Waals surface area contributed by atoms with Gasteiger partial charge in [-0.3, -0.25) is 4.79 Å². The van der Waals surface area contributed by atoms with Gasteiger partial charge in [-0.2, -0.15) is 9.97 Å². The van der Waals surface area contributed by atoms with Crippen molar-refractivity contribution in [2.45, 2.75) is 39.2 Å². The number of hydrogen-bond donors (Lipinski definition) is 1. The van der Waals surface area contributed by atoms with Crippen LogP contribution in [0, 0.1) is 5.92 Å². The normalized spacial score (nSPS) is 18.5. The van der Waals surface area contributed by atoms with E-state index in [2.05, 4.69) is 34.3 Å². The largest absolute Gasteiger partial charge is 0.508 e. The number of amides is 1. The van der Waals surface area contributed by atoms with Gasteiger partial charge in [0.2, 0.25) is 5.91 Å². The molecule has 1 unspecified atom stereocenters. The minimum Gasteiger partial charge on any atom is -0.508 e. The van der Waals surface area contributed by atoms with E-state index in [1.807, 2.05) is 35.2 Å². The number of phenolic OH excluding ortho intramolecular Hbond substituents is 1. The number of anilines is 2. The highest BCUT2D eigenvalue weighted by atomic mass is 16.5. The second-order valence-electron chi connectivity index (χ2n) is 11.9. The molecule has 2 fully saturated rings. The van der Waals surface area contributed by atoms with Gasteiger partial charge >= 0.3 is 6.01 Å². The summed E-state index contributed by atoms with van der Waals surface area (Å²) in [7, 11) is 0. The Balaban J connectivity index is 1.26. The molecule has 0 bridgehead atoms. The second-order valence-corrected chi connectivity index (χ2v) is 11.9. The van der Waals surface area contributed by atoms with Crippen molar-refractivity contribution in [2.24, 2.45) is 5.92 Å². The van der Waals surface area contributed by atoms with Gasteiger partial charge in [0.05, 0.1) is 18.8 Å².